The fourth-order valence-electron chi connectivity index (χ4n) is 3.34. The van der Waals surface area contributed by atoms with E-state index in [2.05, 4.69) is 23.5 Å². The van der Waals surface area contributed by atoms with Gasteiger partial charge in [-0.2, -0.15) is 0 Å². The van der Waals surface area contributed by atoms with E-state index in [9.17, 15) is 4.79 Å². The fraction of sp³-hybridized carbons (Fsp3) is 0.533. The Kier molecular flexibility index (Phi) is 6.47. The molecule has 1 amide bonds. The maximum atomic E-state index is 12.5. The van der Waals surface area contributed by atoms with Gasteiger partial charge in [0.1, 0.15) is 0 Å². The van der Waals surface area contributed by atoms with Crippen molar-refractivity contribution in [2.24, 2.45) is 0 Å². The van der Waals surface area contributed by atoms with Crippen LogP contribution < -0.4 is 10.2 Å². The molecule has 0 aliphatic carbocycles. The zero-order valence-corrected chi connectivity index (χ0v) is 14.0. The zero-order chi connectivity index (χ0) is 13.4. The van der Waals surface area contributed by atoms with Gasteiger partial charge in [0.15, 0.2) is 0 Å². The molecular formula is C15H23Cl2N3O. The summed E-state index contributed by atoms with van der Waals surface area (Å²) in [4.78, 5) is 16.5. The predicted molar refractivity (Wildman–Crippen MR) is 91.0 cm³/mol. The second-order valence-electron chi connectivity index (χ2n) is 5.73. The number of fused-ring (bicyclic) bond motifs is 3. The Labute approximate surface area is 138 Å². The van der Waals surface area contributed by atoms with E-state index in [-0.39, 0.29) is 30.7 Å². The number of rotatable bonds is 2. The van der Waals surface area contributed by atoms with Crippen LogP contribution in [0.3, 0.4) is 0 Å². The van der Waals surface area contributed by atoms with E-state index in [0.29, 0.717) is 18.5 Å². The van der Waals surface area contributed by atoms with Crippen molar-refractivity contribution in [1.82, 2.24) is 10.2 Å². The van der Waals surface area contributed by atoms with Gasteiger partial charge in [-0.1, -0.05) is 18.2 Å². The molecule has 1 saturated heterocycles. The minimum absolute atomic E-state index is 0. The number of carbonyl (C=O) groups is 1. The number of anilines is 1. The second kappa shape index (κ2) is 7.45. The number of para-hydroxylation sites is 1. The number of piperidine rings is 1. The van der Waals surface area contributed by atoms with E-state index in [1.807, 2.05) is 30.0 Å². The van der Waals surface area contributed by atoms with Crippen molar-refractivity contribution in [1.29, 1.82) is 0 Å². The fourth-order valence-corrected chi connectivity index (χ4v) is 3.34. The first-order valence-corrected chi connectivity index (χ1v) is 6.95. The Hall–Kier alpha value is -0.810. The van der Waals surface area contributed by atoms with E-state index in [0.717, 1.165) is 25.2 Å². The topological polar surface area (TPSA) is 35.6 Å². The van der Waals surface area contributed by atoms with Gasteiger partial charge < -0.3 is 15.1 Å². The molecule has 6 heteroatoms. The third kappa shape index (κ3) is 3.34. The number of nitrogens with zero attached hydrogens (tertiary/aromatic N) is 2. The van der Waals surface area contributed by atoms with Gasteiger partial charge in [0.25, 0.3) is 0 Å². The van der Waals surface area contributed by atoms with E-state index in [1.54, 1.807) is 0 Å². The van der Waals surface area contributed by atoms with Crippen LogP contribution in [0.1, 0.15) is 17.9 Å². The summed E-state index contributed by atoms with van der Waals surface area (Å²) >= 11 is 0. The van der Waals surface area contributed by atoms with Crippen LogP contribution >= 0.6 is 24.8 Å². The van der Waals surface area contributed by atoms with Gasteiger partial charge in [-0.15, -0.1) is 24.8 Å². The molecule has 1 N–H and O–H groups in total. The number of likely N-dealkylation sites (N-methyl/N-ethyl adjacent to an activating group) is 1. The molecule has 0 aromatic heterocycles. The van der Waals surface area contributed by atoms with Gasteiger partial charge >= 0.3 is 0 Å². The van der Waals surface area contributed by atoms with Crippen LogP contribution in [-0.2, 0) is 4.79 Å². The maximum Gasteiger partial charge on any atom is 0.241 e. The normalized spacial score (nSPS) is 22.9. The van der Waals surface area contributed by atoms with Gasteiger partial charge in [-0.05, 0) is 38.7 Å². The number of halogens is 2. The number of hydrogen-bond acceptors (Lipinski definition) is 3. The van der Waals surface area contributed by atoms with Crippen molar-refractivity contribution in [3.05, 3.63) is 29.8 Å². The van der Waals surface area contributed by atoms with E-state index >= 15 is 0 Å². The van der Waals surface area contributed by atoms with E-state index < -0.39 is 0 Å². The molecule has 1 fully saturated rings. The van der Waals surface area contributed by atoms with Crippen molar-refractivity contribution in [3.8, 4) is 0 Å². The summed E-state index contributed by atoms with van der Waals surface area (Å²) in [6.45, 7) is 2.46. The maximum absolute atomic E-state index is 12.5. The summed E-state index contributed by atoms with van der Waals surface area (Å²) in [6.07, 6.45) is 1.04. The average Bonchev–Trinajstić information content (AvgIpc) is 2.72. The molecule has 4 nitrogen and oxygen atoms in total. The number of carbonyl (C=O) groups excluding carboxylic acids is 1. The second-order valence-corrected chi connectivity index (χ2v) is 5.73. The Balaban J connectivity index is 0.00000110. The van der Waals surface area contributed by atoms with Crippen molar-refractivity contribution in [2.75, 3.05) is 38.6 Å². The molecule has 0 bridgehead atoms. The highest BCUT2D eigenvalue weighted by Crippen LogP contribution is 2.43. The molecule has 118 valence electrons. The van der Waals surface area contributed by atoms with Crippen LogP contribution in [0.25, 0.3) is 0 Å². The molecular weight excluding hydrogens is 309 g/mol. The quantitative estimate of drug-likeness (QED) is 0.898. The van der Waals surface area contributed by atoms with Crippen molar-refractivity contribution in [2.45, 2.75) is 18.4 Å². The third-order valence-corrected chi connectivity index (χ3v) is 4.09. The Morgan fingerprint density at radius 3 is 2.76 bits per heavy atom. The molecule has 2 aliphatic rings. The molecule has 3 rings (SSSR count). The molecule has 0 radical (unpaired) electrons. The summed E-state index contributed by atoms with van der Waals surface area (Å²) < 4.78 is 0. The zero-order valence-electron chi connectivity index (χ0n) is 12.4. The predicted octanol–water partition coefficient (Wildman–Crippen LogP) is 1.88. The summed E-state index contributed by atoms with van der Waals surface area (Å²) in [5.41, 5.74) is 2.44. The molecule has 2 atom stereocenters. The largest absolute Gasteiger partial charge is 0.316 e. The van der Waals surface area contributed by atoms with Crippen LogP contribution in [-0.4, -0.2) is 50.6 Å². The van der Waals surface area contributed by atoms with Crippen LogP contribution in [0, 0.1) is 0 Å². The van der Waals surface area contributed by atoms with Crippen LogP contribution in [0.15, 0.2) is 24.3 Å². The molecule has 0 spiro atoms. The highest BCUT2D eigenvalue weighted by Gasteiger charge is 2.42. The number of amides is 1. The molecule has 1 aromatic rings. The first kappa shape index (κ1) is 18.2. The SMILES string of the molecule is CN(C)CC(=O)N1c2ccccc2[C@@H]2CNCC[C@H]21.Cl.Cl. The first-order chi connectivity index (χ1) is 9.18. The van der Waals surface area contributed by atoms with E-state index in [4.69, 9.17) is 0 Å². The molecule has 2 aliphatic heterocycles. The van der Waals surface area contributed by atoms with Crippen molar-refractivity contribution >= 4 is 36.4 Å². The van der Waals surface area contributed by atoms with Gasteiger partial charge in [-0.3, -0.25) is 4.79 Å². The Bertz CT molecular complexity index is 496. The number of nitrogens with one attached hydrogen (secondary N) is 1. The van der Waals surface area contributed by atoms with Crippen molar-refractivity contribution < 1.29 is 4.79 Å². The van der Waals surface area contributed by atoms with Crippen LogP contribution in [0.2, 0.25) is 0 Å². The standard InChI is InChI=1S/C15H21N3O.2ClH/c1-17(2)10-15(19)18-13-6-4-3-5-11(13)12-9-16-8-7-14(12)18;;/h3-6,12,14,16H,7-10H2,1-2H3;2*1H/t12-,14+;;/m0../s1. The molecule has 0 unspecified atom stereocenters. The molecule has 1 aromatic carbocycles. The Morgan fingerprint density at radius 2 is 2.05 bits per heavy atom. The first-order valence-electron chi connectivity index (χ1n) is 6.95. The lowest BCUT2D eigenvalue weighted by atomic mass is 9.90. The summed E-state index contributed by atoms with van der Waals surface area (Å²) in [5, 5.41) is 3.45. The van der Waals surface area contributed by atoms with E-state index in [1.165, 1.54) is 5.56 Å². The molecule has 2 heterocycles. The molecule has 0 saturated carbocycles. The lowest BCUT2D eigenvalue weighted by Gasteiger charge is -2.33. The molecule has 21 heavy (non-hydrogen) atoms. The third-order valence-electron chi connectivity index (χ3n) is 4.09. The summed E-state index contributed by atoms with van der Waals surface area (Å²) in [7, 11) is 3.89. The van der Waals surface area contributed by atoms with Gasteiger partial charge in [0, 0.05) is 24.2 Å². The summed E-state index contributed by atoms with van der Waals surface area (Å²) in [5.74, 6) is 0.669. The summed E-state index contributed by atoms with van der Waals surface area (Å²) in [6, 6.07) is 8.69. The van der Waals surface area contributed by atoms with Gasteiger partial charge in [0.05, 0.1) is 6.54 Å². The lowest BCUT2D eigenvalue weighted by Crippen LogP contribution is -2.48. The smallest absolute Gasteiger partial charge is 0.241 e. The van der Waals surface area contributed by atoms with Crippen molar-refractivity contribution in [3.63, 3.8) is 0 Å². The highest BCUT2D eigenvalue weighted by molar-refractivity contribution is 5.98. The minimum Gasteiger partial charge on any atom is -0.316 e. The van der Waals surface area contributed by atoms with Crippen LogP contribution in [0.4, 0.5) is 5.69 Å². The number of hydrogen-bond donors (Lipinski definition) is 1. The van der Waals surface area contributed by atoms with Gasteiger partial charge in [0.2, 0.25) is 5.91 Å². The highest BCUT2D eigenvalue weighted by atomic mass is 35.5. The minimum atomic E-state index is 0. The van der Waals surface area contributed by atoms with Crippen LogP contribution in [0.5, 0.6) is 0 Å². The Morgan fingerprint density at radius 1 is 1.33 bits per heavy atom. The lowest BCUT2D eigenvalue weighted by molar-refractivity contribution is -0.119. The average molecular weight is 332 g/mol. The number of benzene rings is 1. The van der Waals surface area contributed by atoms with Gasteiger partial charge in [-0.25, -0.2) is 0 Å². The monoisotopic (exact) mass is 331 g/mol.